The summed E-state index contributed by atoms with van der Waals surface area (Å²) in [7, 11) is -3.66. The van der Waals surface area contributed by atoms with E-state index in [0.29, 0.717) is 29.8 Å². The molecule has 6 nitrogen and oxygen atoms in total. The van der Waals surface area contributed by atoms with Crippen molar-refractivity contribution in [3.05, 3.63) is 42.1 Å². The third-order valence-electron chi connectivity index (χ3n) is 3.27. The normalized spacial score (nSPS) is 15.1. The third-order valence-corrected chi connectivity index (χ3v) is 4.76. The molecule has 0 unspecified atom stereocenters. The second-order valence-electron chi connectivity index (χ2n) is 5.14. The van der Waals surface area contributed by atoms with Crippen LogP contribution in [0.5, 0.6) is 0 Å². The van der Waals surface area contributed by atoms with Crippen molar-refractivity contribution in [2.75, 3.05) is 4.72 Å². The maximum Gasteiger partial charge on any atom is 0.265 e. The highest BCUT2D eigenvalue weighted by Crippen LogP contribution is 2.24. The first kappa shape index (κ1) is 14.1. The van der Waals surface area contributed by atoms with Gasteiger partial charge in [0.1, 0.15) is 16.4 Å². The summed E-state index contributed by atoms with van der Waals surface area (Å²) >= 11 is 0. The first-order valence-electron chi connectivity index (χ1n) is 6.80. The molecule has 0 aliphatic heterocycles. The van der Waals surface area contributed by atoms with E-state index in [2.05, 4.69) is 15.0 Å². The Labute approximate surface area is 123 Å². The summed E-state index contributed by atoms with van der Waals surface area (Å²) in [5, 5.41) is 3.30. The van der Waals surface area contributed by atoms with Crippen LogP contribution in [0.3, 0.4) is 0 Å². The van der Waals surface area contributed by atoms with Crippen LogP contribution in [0.4, 0.5) is 5.69 Å². The van der Waals surface area contributed by atoms with E-state index in [-0.39, 0.29) is 4.90 Å². The van der Waals surface area contributed by atoms with Crippen LogP contribution in [-0.2, 0) is 16.6 Å². The molecule has 2 aromatic heterocycles. The Morgan fingerprint density at radius 3 is 2.90 bits per heavy atom. The molecule has 2 heterocycles. The molecule has 0 aromatic carbocycles. The van der Waals surface area contributed by atoms with Gasteiger partial charge in [0.15, 0.2) is 0 Å². The summed E-state index contributed by atoms with van der Waals surface area (Å²) < 4.78 is 32.7. The fraction of sp³-hybridized carbons (Fsp3) is 0.357. The number of rotatable bonds is 6. The van der Waals surface area contributed by atoms with Gasteiger partial charge < -0.3 is 9.73 Å². The van der Waals surface area contributed by atoms with Gasteiger partial charge in [0.05, 0.1) is 18.4 Å². The molecular formula is C14H17N3O3S. The molecule has 2 N–H and O–H groups in total. The summed E-state index contributed by atoms with van der Waals surface area (Å²) in [6.07, 6.45) is 5.39. The standard InChI is InChI=1S/C14H17N3O3S/c1-10-14(7-13(20-10)9-16-11-4-5-11)21(18,19)17-12-3-2-6-15-8-12/h2-3,6-8,11,16-17H,4-5,9H2,1H3. The highest BCUT2D eigenvalue weighted by Gasteiger charge is 2.24. The minimum atomic E-state index is -3.66. The number of sulfonamides is 1. The Balaban J connectivity index is 1.77. The quantitative estimate of drug-likeness (QED) is 0.853. The number of hydrogen-bond donors (Lipinski definition) is 2. The van der Waals surface area contributed by atoms with Crippen LogP contribution in [0.15, 0.2) is 39.9 Å². The zero-order valence-corrected chi connectivity index (χ0v) is 12.5. The van der Waals surface area contributed by atoms with Crippen molar-refractivity contribution in [3.63, 3.8) is 0 Å². The van der Waals surface area contributed by atoms with E-state index in [9.17, 15) is 8.42 Å². The van der Waals surface area contributed by atoms with E-state index in [0.717, 1.165) is 0 Å². The van der Waals surface area contributed by atoms with E-state index in [1.807, 2.05) is 0 Å². The Morgan fingerprint density at radius 2 is 2.24 bits per heavy atom. The number of nitrogens with one attached hydrogen (secondary N) is 2. The topological polar surface area (TPSA) is 84.2 Å². The monoisotopic (exact) mass is 307 g/mol. The largest absolute Gasteiger partial charge is 0.464 e. The number of furan rings is 1. The molecule has 0 saturated heterocycles. The van der Waals surface area contributed by atoms with Crippen LogP contribution < -0.4 is 10.0 Å². The lowest BCUT2D eigenvalue weighted by atomic mass is 10.4. The third kappa shape index (κ3) is 3.43. The summed E-state index contributed by atoms with van der Waals surface area (Å²) in [6, 6.07) is 5.44. The highest BCUT2D eigenvalue weighted by atomic mass is 32.2. The van der Waals surface area contributed by atoms with Gasteiger partial charge in [-0.15, -0.1) is 0 Å². The molecule has 1 saturated carbocycles. The van der Waals surface area contributed by atoms with Crippen molar-refractivity contribution in [1.82, 2.24) is 10.3 Å². The smallest absolute Gasteiger partial charge is 0.265 e. The zero-order chi connectivity index (χ0) is 14.9. The number of aryl methyl sites for hydroxylation is 1. The SMILES string of the molecule is Cc1oc(CNC2CC2)cc1S(=O)(=O)Nc1cccnc1. The van der Waals surface area contributed by atoms with Crippen molar-refractivity contribution in [3.8, 4) is 0 Å². The van der Waals surface area contributed by atoms with E-state index in [4.69, 9.17) is 4.42 Å². The number of hydrogen-bond acceptors (Lipinski definition) is 5. The predicted molar refractivity (Wildman–Crippen MR) is 78.4 cm³/mol. The van der Waals surface area contributed by atoms with Crippen molar-refractivity contribution in [2.24, 2.45) is 0 Å². The first-order chi connectivity index (χ1) is 10.0. The fourth-order valence-electron chi connectivity index (χ4n) is 2.04. The van der Waals surface area contributed by atoms with Gasteiger partial charge in [0, 0.05) is 18.3 Å². The van der Waals surface area contributed by atoms with Gasteiger partial charge in [-0.05, 0) is 31.9 Å². The second-order valence-corrected chi connectivity index (χ2v) is 6.79. The molecule has 7 heteroatoms. The van der Waals surface area contributed by atoms with E-state index >= 15 is 0 Å². The average molecular weight is 307 g/mol. The molecule has 3 rings (SSSR count). The van der Waals surface area contributed by atoms with Crippen molar-refractivity contribution in [2.45, 2.75) is 37.2 Å². The number of pyridine rings is 1. The molecule has 1 aliphatic carbocycles. The van der Waals surface area contributed by atoms with Crippen molar-refractivity contribution < 1.29 is 12.8 Å². The molecule has 0 spiro atoms. The average Bonchev–Trinajstić information content (AvgIpc) is 3.19. The van der Waals surface area contributed by atoms with E-state index in [1.54, 1.807) is 31.3 Å². The van der Waals surface area contributed by atoms with Crippen LogP contribution in [0.1, 0.15) is 24.4 Å². The summed E-state index contributed by atoms with van der Waals surface area (Å²) in [5.74, 6) is 1.02. The molecular weight excluding hydrogens is 290 g/mol. The molecule has 21 heavy (non-hydrogen) atoms. The summed E-state index contributed by atoms with van der Waals surface area (Å²) in [5.41, 5.74) is 0.427. The van der Waals surface area contributed by atoms with Crippen LogP contribution >= 0.6 is 0 Å². The summed E-state index contributed by atoms with van der Waals surface area (Å²) in [6.45, 7) is 2.20. The number of anilines is 1. The molecule has 1 fully saturated rings. The van der Waals surface area contributed by atoms with Gasteiger partial charge in [-0.25, -0.2) is 8.42 Å². The Hall–Kier alpha value is -1.86. The van der Waals surface area contributed by atoms with Crippen molar-refractivity contribution in [1.29, 1.82) is 0 Å². The first-order valence-corrected chi connectivity index (χ1v) is 8.28. The van der Waals surface area contributed by atoms with Gasteiger partial charge >= 0.3 is 0 Å². The summed E-state index contributed by atoms with van der Waals surface area (Å²) in [4.78, 5) is 4.05. The molecule has 1 aliphatic rings. The Kier molecular flexibility index (Phi) is 3.69. The molecule has 0 bridgehead atoms. The highest BCUT2D eigenvalue weighted by molar-refractivity contribution is 7.92. The maximum absolute atomic E-state index is 12.4. The molecule has 0 amide bonds. The van der Waals surface area contributed by atoms with Gasteiger partial charge in [-0.2, -0.15) is 0 Å². The minimum Gasteiger partial charge on any atom is -0.464 e. The second kappa shape index (κ2) is 5.50. The number of aromatic nitrogens is 1. The Bertz CT molecular complexity index is 721. The van der Waals surface area contributed by atoms with Gasteiger partial charge in [-0.3, -0.25) is 9.71 Å². The Morgan fingerprint density at radius 1 is 1.43 bits per heavy atom. The van der Waals surface area contributed by atoms with Crippen molar-refractivity contribution >= 4 is 15.7 Å². The number of nitrogens with zero attached hydrogens (tertiary/aromatic N) is 1. The van der Waals surface area contributed by atoms with Crippen LogP contribution in [0.25, 0.3) is 0 Å². The maximum atomic E-state index is 12.4. The zero-order valence-electron chi connectivity index (χ0n) is 11.7. The van der Waals surface area contributed by atoms with Crippen LogP contribution in [-0.4, -0.2) is 19.4 Å². The molecule has 0 atom stereocenters. The lowest BCUT2D eigenvalue weighted by Gasteiger charge is -2.05. The lowest BCUT2D eigenvalue weighted by molar-refractivity contribution is 0.456. The van der Waals surface area contributed by atoms with Crippen LogP contribution in [0.2, 0.25) is 0 Å². The fourth-order valence-corrected chi connectivity index (χ4v) is 3.29. The van der Waals surface area contributed by atoms with Gasteiger partial charge in [0.2, 0.25) is 0 Å². The molecule has 0 radical (unpaired) electrons. The predicted octanol–water partition coefficient (Wildman–Crippen LogP) is 2.04. The molecule has 112 valence electrons. The van der Waals surface area contributed by atoms with E-state index in [1.165, 1.54) is 19.0 Å². The molecule has 2 aromatic rings. The minimum absolute atomic E-state index is 0.166. The van der Waals surface area contributed by atoms with Gasteiger partial charge in [0.25, 0.3) is 10.0 Å². The lowest BCUT2D eigenvalue weighted by Crippen LogP contribution is -2.15. The van der Waals surface area contributed by atoms with Gasteiger partial charge in [-0.1, -0.05) is 0 Å². The van der Waals surface area contributed by atoms with E-state index < -0.39 is 10.0 Å². The van der Waals surface area contributed by atoms with Crippen LogP contribution in [0, 0.1) is 6.92 Å².